The second kappa shape index (κ2) is 15.4. The van der Waals surface area contributed by atoms with Crippen molar-refractivity contribution in [2.45, 2.75) is 72.1 Å². The van der Waals surface area contributed by atoms with E-state index in [0.29, 0.717) is 18.8 Å². The topological polar surface area (TPSA) is 146 Å². The van der Waals surface area contributed by atoms with Gasteiger partial charge >= 0.3 is 6.09 Å². The number of amides is 1. The fourth-order valence-corrected chi connectivity index (χ4v) is 5.08. The third-order valence-electron chi connectivity index (χ3n) is 7.13. The molecule has 10 nitrogen and oxygen atoms in total. The van der Waals surface area contributed by atoms with Gasteiger partial charge in [-0.1, -0.05) is 43.3 Å². The summed E-state index contributed by atoms with van der Waals surface area (Å²) >= 11 is 0. The van der Waals surface area contributed by atoms with E-state index < -0.39 is 5.60 Å². The fourth-order valence-electron chi connectivity index (χ4n) is 5.08. The average Bonchev–Trinajstić information content (AvgIpc) is 3.37. The number of para-hydroxylation sites is 2. The highest BCUT2D eigenvalue weighted by atomic mass is 16.6. The molecule has 0 aliphatic carbocycles. The number of aromatic nitrogens is 4. The molecule has 0 radical (unpaired) electrons. The Morgan fingerprint density at radius 1 is 0.909 bits per heavy atom. The molecule has 0 fully saturated rings. The molecule has 0 spiro atoms. The summed E-state index contributed by atoms with van der Waals surface area (Å²) in [7, 11) is 0. The fraction of sp³-hybridized carbons (Fsp3) is 0.412. The number of pyridine rings is 2. The van der Waals surface area contributed by atoms with Crippen molar-refractivity contribution in [2.24, 2.45) is 5.73 Å². The van der Waals surface area contributed by atoms with E-state index in [0.717, 1.165) is 78.6 Å². The molecule has 0 aliphatic heterocycles. The van der Waals surface area contributed by atoms with Gasteiger partial charge in [0.25, 0.3) is 0 Å². The summed E-state index contributed by atoms with van der Waals surface area (Å²) in [6, 6.07) is 16.2. The molecule has 0 unspecified atom stereocenters. The number of nitrogens with zero attached hydrogens (tertiary/aromatic N) is 4. The third-order valence-corrected chi connectivity index (χ3v) is 7.13. The summed E-state index contributed by atoms with van der Waals surface area (Å²) in [5, 5.41) is 8.35. The van der Waals surface area contributed by atoms with Gasteiger partial charge in [-0.05, 0) is 70.8 Å². The van der Waals surface area contributed by atoms with Crippen LogP contribution in [0.3, 0.4) is 0 Å². The van der Waals surface area contributed by atoms with Crippen molar-refractivity contribution in [3.05, 3.63) is 72.3 Å². The smallest absolute Gasteiger partial charge is 0.407 e. The van der Waals surface area contributed by atoms with Crippen LogP contribution in [-0.4, -0.2) is 50.8 Å². The maximum absolute atomic E-state index is 11.5. The van der Waals surface area contributed by atoms with Crippen LogP contribution in [0.1, 0.15) is 58.3 Å². The van der Waals surface area contributed by atoms with Gasteiger partial charge in [-0.3, -0.25) is 9.97 Å². The van der Waals surface area contributed by atoms with Crippen molar-refractivity contribution >= 4 is 44.6 Å². The number of nitrogen functional groups attached to an aromatic ring is 1. The first kappa shape index (κ1) is 32.6. The minimum absolute atomic E-state index is 0.383. The molecule has 6 N–H and O–H groups in total. The number of fused-ring (bicyclic) bond motifs is 4. The van der Waals surface area contributed by atoms with Gasteiger partial charge in [0, 0.05) is 36.8 Å². The number of carbonyl (C=O) groups is 1. The molecular weight excluding hydrogens is 552 g/mol. The molecule has 44 heavy (non-hydrogen) atoms. The average molecular weight is 599 g/mol. The highest BCUT2D eigenvalue weighted by Gasteiger charge is 2.15. The van der Waals surface area contributed by atoms with Crippen molar-refractivity contribution in [1.82, 2.24) is 30.2 Å². The highest BCUT2D eigenvalue weighted by Crippen LogP contribution is 2.25. The lowest BCUT2D eigenvalue weighted by Gasteiger charge is -2.19. The van der Waals surface area contributed by atoms with E-state index in [2.05, 4.69) is 50.3 Å². The third kappa shape index (κ3) is 8.64. The SMILES string of the molecule is CC(C)(C)OC(=O)NCCCNCc1c(N)cnc2ccccc12.CCc1nc2cnc3ccccc3c2n1CCCCN. The molecule has 0 atom stereocenters. The van der Waals surface area contributed by atoms with Crippen molar-refractivity contribution in [3.8, 4) is 0 Å². The van der Waals surface area contributed by atoms with E-state index in [-0.39, 0.29) is 6.09 Å². The Labute approximate surface area is 259 Å². The minimum atomic E-state index is -0.470. The van der Waals surface area contributed by atoms with E-state index in [1.54, 1.807) is 6.20 Å². The molecule has 234 valence electrons. The molecule has 1 amide bonds. The number of anilines is 1. The Hall–Kier alpha value is -4.28. The monoisotopic (exact) mass is 598 g/mol. The van der Waals surface area contributed by atoms with Crippen LogP contribution in [0.15, 0.2) is 60.9 Å². The van der Waals surface area contributed by atoms with E-state index >= 15 is 0 Å². The zero-order chi connectivity index (χ0) is 31.5. The van der Waals surface area contributed by atoms with Crippen LogP contribution in [0.25, 0.3) is 32.8 Å². The molecule has 0 saturated carbocycles. The second-order valence-corrected chi connectivity index (χ2v) is 11.7. The van der Waals surface area contributed by atoms with Gasteiger partial charge in [0.1, 0.15) is 16.9 Å². The summed E-state index contributed by atoms with van der Waals surface area (Å²) in [5.41, 5.74) is 17.1. The molecule has 3 heterocycles. The normalized spacial score (nSPS) is 11.5. The predicted octanol–water partition coefficient (Wildman–Crippen LogP) is 5.71. The van der Waals surface area contributed by atoms with Gasteiger partial charge < -0.3 is 31.4 Å². The van der Waals surface area contributed by atoms with E-state index in [1.165, 1.54) is 10.9 Å². The minimum Gasteiger partial charge on any atom is -0.444 e. The molecule has 10 heteroatoms. The zero-order valence-electron chi connectivity index (χ0n) is 26.4. The van der Waals surface area contributed by atoms with Gasteiger partial charge in [0.15, 0.2) is 0 Å². The highest BCUT2D eigenvalue weighted by molar-refractivity contribution is 6.02. The Morgan fingerprint density at radius 3 is 2.30 bits per heavy atom. The van der Waals surface area contributed by atoms with Crippen molar-refractivity contribution < 1.29 is 9.53 Å². The van der Waals surface area contributed by atoms with Crippen LogP contribution in [0.4, 0.5) is 10.5 Å². The van der Waals surface area contributed by atoms with Crippen LogP contribution in [-0.2, 0) is 24.2 Å². The lowest BCUT2D eigenvalue weighted by atomic mass is 10.1. The second-order valence-electron chi connectivity index (χ2n) is 11.7. The molecule has 3 aromatic heterocycles. The molecule has 5 aromatic rings. The number of hydrogen-bond acceptors (Lipinski definition) is 8. The number of rotatable bonds is 11. The van der Waals surface area contributed by atoms with Crippen LogP contribution in [0, 0.1) is 0 Å². The lowest BCUT2D eigenvalue weighted by Crippen LogP contribution is -2.33. The predicted molar refractivity (Wildman–Crippen MR) is 179 cm³/mol. The van der Waals surface area contributed by atoms with Crippen molar-refractivity contribution in [3.63, 3.8) is 0 Å². The van der Waals surface area contributed by atoms with E-state index in [1.807, 2.05) is 57.3 Å². The summed E-state index contributed by atoms with van der Waals surface area (Å²) in [5.74, 6) is 1.13. The number of unbranched alkanes of at least 4 members (excludes halogenated alkanes) is 1. The first-order valence-electron chi connectivity index (χ1n) is 15.4. The molecular formula is C34H46N8O2. The number of nitrogens with two attached hydrogens (primary N) is 2. The van der Waals surface area contributed by atoms with Gasteiger partial charge in [0.05, 0.1) is 34.6 Å². The summed E-state index contributed by atoms with van der Waals surface area (Å²) in [6.45, 7) is 11.4. The maximum atomic E-state index is 11.5. The molecule has 0 aliphatic rings. The first-order valence-corrected chi connectivity index (χ1v) is 15.4. The summed E-state index contributed by atoms with van der Waals surface area (Å²) in [4.78, 5) is 25.1. The lowest BCUT2D eigenvalue weighted by molar-refractivity contribution is 0.0527. The Bertz CT molecular complexity index is 1680. The Morgan fingerprint density at radius 2 is 1.59 bits per heavy atom. The number of carbonyl (C=O) groups excluding carboxylic acids is 1. The first-order chi connectivity index (χ1) is 21.2. The molecule has 0 saturated heterocycles. The maximum Gasteiger partial charge on any atom is 0.407 e. The molecule has 0 bridgehead atoms. The Balaban J connectivity index is 0.000000204. The van der Waals surface area contributed by atoms with Crippen LogP contribution in [0.2, 0.25) is 0 Å². The number of hydrogen-bond donors (Lipinski definition) is 4. The van der Waals surface area contributed by atoms with Crippen LogP contribution in [0.5, 0.6) is 0 Å². The number of aryl methyl sites for hydroxylation is 2. The molecule has 2 aromatic carbocycles. The number of nitrogens with one attached hydrogen (secondary N) is 2. The zero-order valence-corrected chi connectivity index (χ0v) is 26.4. The van der Waals surface area contributed by atoms with Crippen LogP contribution < -0.4 is 22.1 Å². The standard InChI is InChI=1S/C18H26N4O2.C16H20N4/c1-18(2,3)24-17(23)21-10-6-9-20-11-14-13-7-4-5-8-16(13)22-12-15(14)19;1-2-15-19-14-11-18-13-8-4-3-7-12(13)16(14)20(15)10-6-5-9-17/h4-5,7-8,12,20H,6,9-11,19H2,1-3H3,(H,21,23);3-4,7-8,11H,2,5-6,9-10,17H2,1H3. The number of ether oxygens (including phenoxy) is 1. The Kier molecular flexibility index (Phi) is 11.5. The number of imidazole rings is 1. The number of benzene rings is 2. The van der Waals surface area contributed by atoms with E-state index in [9.17, 15) is 4.79 Å². The summed E-state index contributed by atoms with van der Waals surface area (Å²) in [6.07, 6.45) is 7.08. The molecule has 5 rings (SSSR count). The largest absolute Gasteiger partial charge is 0.444 e. The summed E-state index contributed by atoms with van der Waals surface area (Å²) < 4.78 is 7.53. The van der Waals surface area contributed by atoms with Crippen molar-refractivity contribution in [1.29, 1.82) is 0 Å². The van der Waals surface area contributed by atoms with Crippen molar-refractivity contribution in [2.75, 3.05) is 25.4 Å². The number of alkyl carbamates (subject to hydrolysis) is 1. The van der Waals surface area contributed by atoms with Gasteiger partial charge in [-0.15, -0.1) is 0 Å². The quantitative estimate of drug-likeness (QED) is 0.142. The van der Waals surface area contributed by atoms with Gasteiger partial charge in [0.2, 0.25) is 0 Å². The van der Waals surface area contributed by atoms with E-state index in [4.69, 9.17) is 21.2 Å². The van der Waals surface area contributed by atoms with Gasteiger partial charge in [-0.25, -0.2) is 9.78 Å². The van der Waals surface area contributed by atoms with Crippen LogP contribution >= 0.6 is 0 Å². The van der Waals surface area contributed by atoms with Gasteiger partial charge in [-0.2, -0.15) is 0 Å².